The highest BCUT2D eigenvalue weighted by Gasteiger charge is 2.15. The number of nitrogens with one attached hydrogen (secondary N) is 1. The molecule has 0 bridgehead atoms. The van der Waals surface area contributed by atoms with Gasteiger partial charge >= 0.3 is 0 Å². The molecule has 0 aliphatic heterocycles. The van der Waals surface area contributed by atoms with Crippen LogP contribution in [0.5, 0.6) is 0 Å². The van der Waals surface area contributed by atoms with Gasteiger partial charge in [0.15, 0.2) is 0 Å². The number of aliphatic hydroxyl groups excluding tert-OH is 2. The average Bonchev–Trinajstić information content (AvgIpc) is 2.44. The molecule has 1 aromatic rings. The van der Waals surface area contributed by atoms with Gasteiger partial charge in [0.05, 0.1) is 13.2 Å². The van der Waals surface area contributed by atoms with E-state index in [0.717, 1.165) is 13.0 Å². The highest BCUT2D eigenvalue weighted by Crippen LogP contribution is 2.09. The summed E-state index contributed by atoms with van der Waals surface area (Å²) in [7, 11) is 0. The van der Waals surface area contributed by atoms with Gasteiger partial charge in [-0.05, 0) is 18.6 Å². The largest absolute Gasteiger partial charge is 0.395 e. The third-order valence-electron chi connectivity index (χ3n) is 2.59. The van der Waals surface area contributed by atoms with Crippen LogP contribution in [0.2, 0.25) is 0 Å². The molecule has 0 spiro atoms. The fraction of sp³-hybridized carbons (Fsp3) is 0.538. The van der Waals surface area contributed by atoms with Gasteiger partial charge in [0.1, 0.15) is 5.82 Å². The Hall–Kier alpha value is -1.66. The molecular formula is C13H21N3O3. The van der Waals surface area contributed by atoms with Crippen molar-refractivity contribution < 1.29 is 15.0 Å². The minimum absolute atomic E-state index is 0.127. The number of hydrogen-bond acceptors (Lipinski definition) is 5. The Balaban J connectivity index is 2.78. The first kappa shape index (κ1) is 15.4. The molecule has 0 aromatic carbocycles. The Bertz CT molecular complexity index is 392. The number of nitrogens with zero attached hydrogens (tertiary/aromatic N) is 2. The van der Waals surface area contributed by atoms with E-state index in [2.05, 4.69) is 10.3 Å². The molecule has 6 heteroatoms. The van der Waals surface area contributed by atoms with Gasteiger partial charge < -0.3 is 20.4 Å². The Morgan fingerprint density at radius 2 is 2.05 bits per heavy atom. The second-order valence-corrected chi connectivity index (χ2v) is 4.10. The molecule has 0 aliphatic rings. The van der Waals surface area contributed by atoms with Crippen molar-refractivity contribution in [2.75, 3.05) is 38.2 Å². The van der Waals surface area contributed by atoms with Crippen molar-refractivity contribution in [2.45, 2.75) is 13.3 Å². The summed E-state index contributed by atoms with van der Waals surface area (Å²) < 4.78 is 0. The lowest BCUT2D eigenvalue weighted by molar-refractivity contribution is 0.0685. The molecule has 6 nitrogen and oxygen atoms in total. The van der Waals surface area contributed by atoms with Gasteiger partial charge in [-0.1, -0.05) is 6.92 Å². The zero-order valence-electron chi connectivity index (χ0n) is 11.2. The molecule has 0 saturated heterocycles. The predicted molar refractivity (Wildman–Crippen MR) is 73.1 cm³/mol. The van der Waals surface area contributed by atoms with Gasteiger partial charge in [-0.2, -0.15) is 0 Å². The normalized spacial score (nSPS) is 10.3. The maximum atomic E-state index is 12.2. The first-order chi connectivity index (χ1) is 9.22. The number of rotatable bonds is 8. The molecule has 19 heavy (non-hydrogen) atoms. The first-order valence-electron chi connectivity index (χ1n) is 6.43. The summed E-state index contributed by atoms with van der Waals surface area (Å²) in [5, 5.41) is 21.0. The van der Waals surface area contributed by atoms with Crippen LogP contribution >= 0.6 is 0 Å². The summed E-state index contributed by atoms with van der Waals surface area (Å²) in [4.78, 5) is 17.7. The molecule has 0 fully saturated rings. The van der Waals surface area contributed by atoms with Crippen LogP contribution in [0, 0.1) is 0 Å². The van der Waals surface area contributed by atoms with Crippen molar-refractivity contribution in [2.24, 2.45) is 0 Å². The molecule has 1 aromatic heterocycles. The van der Waals surface area contributed by atoms with E-state index in [-0.39, 0.29) is 32.2 Å². The van der Waals surface area contributed by atoms with E-state index in [4.69, 9.17) is 10.2 Å². The van der Waals surface area contributed by atoms with E-state index >= 15 is 0 Å². The van der Waals surface area contributed by atoms with E-state index in [1.807, 2.05) is 6.92 Å². The predicted octanol–water partition coefficient (Wildman–Crippen LogP) is 0.330. The molecule has 1 heterocycles. The first-order valence-corrected chi connectivity index (χ1v) is 6.43. The van der Waals surface area contributed by atoms with Crippen LogP contribution in [0.1, 0.15) is 23.7 Å². The Labute approximate surface area is 113 Å². The van der Waals surface area contributed by atoms with Crippen molar-refractivity contribution in [3.8, 4) is 0 Å². The number of aliphatic hydroxyl groups is 2. The minimum atomic E-state index is -0.218. The number of aromatic nitrogens is 1. The van der Waals surface area contributed by atoms with E-state index in [0.29, 0.717) is 11.4 Å². The molecule has 106 valence electrons. The van der Waals surface area contributed by atoms with Gasteiger partial charge in [-0.3, -0.25) is 4.79 Å². The maximum absolute atomic E-state index is 12.2. The Kier molecular flexibility index (Phi) is 6.84. The van der Waals surface area contributed by atoms with Crippen LogP contribution in [0.3, 0.4) is 0 Å². The van der Waals surface area contributed by atoms with E-state index < -0.39 is 0 Å². The lowest BCUT2D eigenvalue weighted by Gasteiger charge is -2.20. The number of pyridine rings is 1. The summed E-state index contributed by atoms with van der Waals surface area (Å²) in [5.41, 5.74) is 0.496. The van der Waals surface area contributed by atoms with Crippen molar-refractivity contribution >= 4 is 11.7 Å². The van der Waals surface area contributed by atoms with Crippen LogP contribution in [0.25, 0.3) is 0 Å². The molecule has 1 rings (SSSR count). The van der Waals surface area contributed by atoms with Gasteiger partial charge in [0, 0.05) is 31.4 Å². The fourth-order valence-corrected chi connectivity index (χ4v) is 1.65. The molecule has 0 atom stereocenters. The highest BCUT2D eigenvalue weighted by molar-refractivity contribution is 5.94. The van der Waals surface area contributed by atoms with Gasteiger partial charge in [0.2, 0.25) is 0 Å². The number of carbonyl (C=O) groups excluding carboxylic acids is 1. The zero-order chi connectivity index (χ0) is 14.1. The zero-order valence-corrected chi connectivity index (χ0v) is 11.2. The molecule has 1 amide bonds. The topological polar surface area (TPSA) is 85.7 Å². The summed E-state index contributed by atoms with van der Waals surface area (Å²) in [6, 6.07) is 3.31. The van der Waals surface area contributed by atoms with Crippen molar-refractivity contribution in [3.05, 3.63) is 23.9 Å². The lowest BCUT2D eigenvalue weighted by atomic mass is 10.2. The van der Waals surface area contributed by atoms with Crippen LogP contribution < -0.4 is 5.32 Å². The lowest BCUT2D eigenvalue weighted by Crippen LogP contribution is -2.35. The van der Waals surface area contributed by atoms with Crippen molar-refractivity contribution in [3.63, 3.8) is 0 Å². The summed E-state index contributed by atoms with van der Waals surface area (Å²) in [5.74, 6) is 0.436. The van der Waals surface area contributed by atoms with Gasteiger partial charge in [0.25, 0.3) is 5.91 Å². The third kappa shape index (κ3) is 4.84. The molecule has 0 aliphatic carbocycles. The summed E-state index contributed by atoms with van der Waals surface area (Å²) in [6.45, 7) is 3.00. The number of carbonyl (C=O) groups is 1. The second kappa shape index (κ2) is 8.44. The number of hydrogen-bond donors (Lipinski definition) is 3. The van der Waals surface area contributed by atoms with Crippen LogP contribution in [0.4, 0.5) is 5.82 Å². The van der Waals surface area contributed by atoms with E-state index in [1.165, 1.54) is 4.90 Å². The standard InChI is InChI=1S/C13H21N3O3/c1-2-4-14-12-10-11(3-5-15-12)13(19)16(6-8-17)7-9-18/h3,5,10,17-18H,2,4,6-9H2,1H3,(H,14,15). The van der Waals surface area contributed by atoms with Gasteiger partial charge in [-0.25, -0.2) is 4.98 Å². The van der Waals surface area contributed by atoms with E-state index in [9.17, 15) is 4.79 Å². The Morgan fingerprint density at radius 1 is 1.37 bits per heavy atom. The SMILES string of the molecule is CCCNc1cc(C(=O)N(CCO)CCO)ccn1. The maximum Gasteiger partial charge on any atom is 0.254 e. The van der Waals surface area contributed by atoms with Crippen LogP contribution in [0.15, 0.2) is 18.3 Å². The summed E-state index contributed by atoms with van der Waals surface area (Å²) in [6.07, 6.45) is 2.54. The monoisotopic (exact) mass is 267 g/mol. The third-order valence-corrected chi connectivity index (χ3v) is 2.59. The average molecular weight is 267 g/mol. The quantitative estimate of drug-likeness (QED) is 0.632. The highest BCUT2D eigenvalue weighted by atomic mass is 16.3. The number of anilines is 1. The van der Waals surface area contributed by atoms with Crippen LogP contribution in [-0.4, -0.2) is 58.9 Å². The molecule has 0 unspecified atom stereocenters. The van der Waals surface area contributed by atoms with Crippen molar-refractivity contribution in [1.29, 1.82) is 0 Å². The van der Waals surface area contributed by atoms with Gasteiger partial charge in [-0.15, -0.1) is 0 Å². The Morgan fingerprint density at radius 3 is 2.63 bits per heavy atom. The minimum Gasteiger partial charge on any atom is -0.395 e. The van der Waals surface area contributed by atoms with E-state index in [1.54, 1.807) is 18.3 Å². The molecular weight excluding hydrogens is 246 g/mol. The smallest absolute Gasteiger partial charge is 0.254 e. The molecule has 0 saturated carbocycles. The van der Waals surface area contributed by atoms with Crippen molar-refractivity contribution in [1.82, 2.24) is 9.88 Å². The number of amides is 1. The summed E-state index contributed by atoms with van der Waals surface area (Å²) >= 11 is 0. The fourth-order valence-electron chi connectivity index (χ4n) is 1.65. The second-order valence-electron chi connectivity index (χ2n) is 4.10. The molecule has 0 radical (unpaired) electrons. The molecule has 3 N–H and O–H groups in total. The van der Waals surface area contributed by atoms with Crippen LogP contribution in [-0.2, 0) is 0 Å².